The molecule has 2 atom stereocenters. The molecule has 15 nitrogen and oxygen atoms in total. The third kappa shape index (κ3) is 5.69. The van der Waals surface area contributed by atoms with Crippen molar-refractivity contribution in [3.63, 3.8) is 0 Å². The molecule has 3 rings (SSSR count). The molecule has 1 aromatic carbocycles. The van der Waals surface area contributed by atoms with Crippen molar-refractivity contribution in [2.24, 2.45) is 10.9 Å². The number of hydrogen-bond acceptors (Lipinski definition) is 12. The summed E-state index contributed by atoms with van der Waals surface area (Å²) in [5.41, 5.74) is 5.57. The number of anilines is 1. The van der Waals surface area contributed by atoms with E-state index in [1.54, 1.807) is 0 Å². The Bertz CT molecular complexity index is 1190. The average Bonchev–Trinajstić information content (AvgIpc) is 3.32. The van der Waals surface area contributed by atoms with Gasteiger partial charge in [0.15, 0.2) is 0 Å². The highest BCUT2D eigenvalue weighted by molar-refractivity contribution is 7.92. The molecule has 34 heavy (non-hydrogen) atoms. The number of β-amino-alcohol motifs (C(OH)–C–C–N with tert-alkyl or cyclic N) is 1. The zero-order chi connectivity index (χ0) is 25.1. The van der Waals surface area contributed by atoms with Gasteiger partial charge in [-0.3, -0.25) is 4.90 Å². The number of piperazine rings is 1. The van der Waals surface area contributed by atoms with Crippen molar-refractivity contribution in [2.75, 3.05) is 50.8 Å². The summed E-state index contributed by atoms with van der Waals surface area (Å²) in [6, 6.07) is 2.61. The average molecular weight is 520 g/mol. The first kappa shape index (κ1) is 26.4. The fourth-order valence-electron chi connectivity index (χ4n) is 3.84. The van der Waals surface area contributed by atoms with Crippen molar-refractivity contribution in [1.82, 2.24) is 30.2 Å². The minimum Gasteiger partial charge on any atom is -0.395 e. The van der Waals surface area contributed by atoms with Crippen LogP contribution in [-0.4, -0.2) is 111 Å². The number of tetrazole rings is 1. The number of aliphatic hydroxyl groups is 2. The molecular weight excluding hydrogens is 490 g/mol. The molecule has 1 saturated heterocycles. The highest BCUT2D eigenvalue weighted by Crippen LogP contribution is 2.38. The lowest BCUT2D eigenvalue weighted by atomic mass is 10.1. The highest BCUT2D eigenvalue weighted by atomic mass is 32.2. The molecule has 17 heteroatoms. The summed E-state index contributed by atoms with van der Waals surface area (Å²) < 4.78 is 53.6. The summed E-state index contributed by atoms with van der Waals surface area (Å²) >= 11 is 0. The Labute approximate surface area is 197 Å². The van der Waals surface area contributed by atoms with Crippen LogP contribution < -0.4 is 20.5 Å². The van der Waals surface area contributed by atoms with Gasteiger partial charge in [0.2, 0.25) is 25.9 Å². The molecule has 2 heterocycles. The topological polar surface area (TPSA) is 234 Å². The molecule has 0 aliphatic carbocycles. The van der Waals surface area contributed by atoms with E-state index in [2.05, 4.69) is 30.2 Å². The first-order valence-electron chi connectivity index (χ1n) is 10.4. The maximum atomic E-state index is 13.0. The Morgan fingerprint density at radius 1 is 1.29 bits per heavy atom. The van der Waals surface area contributed by atoms with Gasteiger partial charge in [0.25, 0.3) is 0 Å². The quantitative estimate of drug-likeness (QED) is 0.180. The van der Waals surface area contributed by atoms with Crippen LogP contribution in [0.5, 0.6) is 0 Å². The molecule has 0 amide bonds. The molecule has 0 spiro atoms. The van der Waals surface area contributed by atoms with Crippen LogP contribution >= 0.6 is 0 Å². The van der Waals surface area contributed by atoms with E-state index in [9.17, 15) is 27.0 Å². The Morgan fingerprint density at radius 2 is 2.03 bits per heavy atom. The number of rotatable bonds is 10. The minimum absolute atomic E-state index is 0.00637. The molecule has 190 valence electrons. The molecule has 0 radical (unpaired) electrons. The van der Waals surface area contributed by atoms with Crippen LogP contribution in [0.3, 0.4) is 0 Å². The number of aliphatic hydroxyl groups excluding tert-OH is 2. The van der Waals surface area contributed by atoms with Gasteiger partial charge in [-0.15, -0.1) is 10.2 Å². The summed E-state index contributed by atoms with van der Waals surface area (Å²) in [7, 11) is -9.04. The van der Waals surface area contributed by atoms with Crippen molar-refractivity contribution >= 4 is 25.7 Å². The summed E-state index contributed by atoms with van der Waals surface area (Å²) in [4.78, 5) is 2.65. The van der Waals surface area contributed by atoms with Crippen LogP contribution in [0.4, 0.5) is 5.69 Å². The van der Waals surface area contributed by atoms with Crippen LogP contribution in [-0.2, 0) is 20.0 Å². The van der Waals surface area contributed by atoms with Crippen LogP contribution in [0.25, 0.3) is 11.4 Å². The van der Waals surface area contributed by atoms with E-state index < -0.39 is 42.5 Å². The van der Waals surface area contributed by atoms with Gasteiger partial charge in [-0.05, 0) is 24.3 Å². The van der Waals surface area contributed by atoms with Crippen molar-refractivity contribution in [2.45, 2.75) is 28.9 Å². The largest absolute Gasteiger partial charge is 0.395 e. The second kappa shape index (κ2) is 10.6. The molecule has 2 aromatic rings. The van der Waals surface area contributed by atoms with Crippen molar-refractivity contribution in [3.8, 4) is 11.4 Å². The van der Waals surface area contributed by atoms with Gasteiger partial charge in [-0.25, -0.2) is 26.7 Å². The van der Waals surface area contributed by atoms with Crippen LogP contribution in [0.15, 0.2) is 21.9 Å². The minimum atomic E-state index is -4.61. The molecular formula is C17H29N9O6S2. The highest BCUT2D eigenvalue weighted by Gasteiger charge is 2.34. The fraction of sp³-hybridized carbons (Fsp3) is 0.588. The first-order valence-corrected chi connectivity index (χ1v) is 13.4. The summed E-state index contributed by atoms with van der Waals surface area (Å²) in [6.45, 7) is 3.34. The van der Waals surface area contributed by atoms with E-state index >= 15 is 0 Å². The number of primary sulfonamides is 1. The van der Waals surface area contributed by atoms with E-state index in [0.29, 0.717) is 31.9 Å². The summed E-state index contributed by atoms with van der Waals surface area (Å²) in [6.07, 6.45) is -1.17. The van der Waals surface area contributed by atoms with Crippen molar-refractivity contribution < 1.29 is 27.0 Å². The van der Waals surface area contributed by atoms with E-state index in [0.717, 1.165) is 6.07 Å². The molecule has 1 aliphatic rings. The number of H-pyrrole nitrogens is 1. The second-order valence-electron chi connectivity index (χ2n) is 7.86. The molecule has 1 aliphatic heterocycles. The van der Waals surface area contributed by atoms with Crippen molar-refractivity contribution in [3.05, 3.63) is 12.1 Å². The zero-order valence-corrected chi connectivity index (χ0v) is 20.1. The maximum absolute atomic E-state index is 13.0. The molecule has 1 aromatic heterocycles. The standard InChI is InChI=1S/C17H29N9O6S2/c1-11-10-26(5-4-25(11)6-7-27)13-2-3-14(34(31,32)20-9-12(28)8-18)16(33(19,29)30)15(13)17-21-23-24-22-17/h2-3,11-12,20,27-28H,4-10,18H2,1H3,(H2,19,29,30)(H,21,22,23,24). The van der Waals surface area contributed by atoms with Gasteiger partial charge in [0, 0.05) is 51.0 Å². The van der Waals surface area contributed by atoms with Crippen molar-refractivity contribution in [1.29, 1.82) is 0 Å². The number of hydrogen-bond donors (Lipinski definition) is 6. The molecule has 0 saturated carbocycles. The lowest BCUT2D eigenvalue weighted by molar-refractivity contribution is 0.146. The lowest BCUT2D eigenvalue weighted by Crippen LogP contribution is -2.52. The Balaban J connectivity index is 2.17. The van der Waals surface area contributed by atoms with E-state index in [1.807, 2.05) is 11.8 Å². The number of nitrogens with two attached hydrogens (primary N) is 2. The number of nitrogens with one attached hydrogen (secondary N) is 2. The number of nitrogens with zero attached hydrogens (tertiary/aromatic N) is 5. The van der Waals surface area contributed by atoms with Gasteiger partial charge >= 0.3 is 0 Å². The normalized spacial score (nSPS) is 18.9. The molecule has 0 bridgehead atoms. The summed E-state index contributed by atoms with van der Waals surface area (Å²) in [5, 5.41) is 37.9. The summed E-state index contributed by atoms with van der Waals surface area (Å²) in [5.74, 6) is -0.150. The van der Waals surface area contributed by atoms with Gasteiger partial charge < -0.3 is 20.8 Å². The van der Waals surface area contributed by atoms with Gasteiger partial charge in [0.05, 0.1) is 18.3 Å². The zero-order valence-electron chi connectivity index (χ0n) is 18.5. The smallest absolute Gasteiger partial charge is 0.242 e. The maximum Gasteiger partial charge on any atom is 0.242 e. The number of aromatic amines is 1. The van der Waals surface area contributed by atoms with Crippen LogP contribution in [0.1, 0.15) is 6.92 Å². The Hall–Kier alpha value is -2.25. The monoisotopic (exact) mass is 519 g/mol. The predicted octanol–water partition coefficient (Wildman–Crippen LogP) is -3.39. The molecule has 2 unspecified atom stereocenters. The third-order valence-corrected chi connectivity index (χ3v) is 8.10. The fourth-order valence-corrected chi connectivity index (χ4v) is 6.50. The first-order chi connectivity index (χ1) is 16.0. The lowest BCUT2D eigenvalue weighted by Gasteiger charge is -2.41. The van der Waals surface area contributed by atoms with Gasteiger partial charge in [-0.2, -0.15) is 5.21 Å². The number of benzene rings is 1. The number of aromatic nitrogens is 4. The third-order valence-electron chi connectivity index (χ3n) is 5.52. The number of sulfonamides is 2. The second-order valence-corrected chi connectivity index (χ2v) is 11.1. The Kier molecular flexibility index (Phi) is 8.19. The van der Waals surface area contributed by atoms with Crippen LogP contribution in [0.2, 0.25) is 0 Å². The molecule has 1 fully saturated rings. The van der Waals surface area contributed by atoms with Gasteiger partial charge in [0.1, 0.15) is 9.79 Å². The Morgan fingerprint density at radius 3 is 2.59 bits per heavy atom. The molecule has 8 N–H and O–H groups in total. The SMILES string of the molecule is CC1CN(c2ccc(S(=O)(=O)NCC(O)CN)c(S(N)(=O)=O)c2-c2nn[nH]n2)CCN1CCO. The van der Waals surface area contributed by atoms with Crippen LogP contribution in [0, 0.1) is 0 Å². The van der Waals surface area contributed by atoms with E-state index in [4.69, 9.17) is 10.9 Å². The van der Waals surface area contributed by atoms with Gasteiger partial charge in [-0.1, -0.05) is 0 Å². The van der Waals surface area contributed by atoms with E-state index in [-0.39, 0.29) is 30.6 Å². The predicted molar refractivity (Wildman–Crippen MR) is 122 cm³/mol. The van der Waals surface area contributed by atoms with E-state index in [1.165, 1.54) is 6.07 Å².